The van der Waals surface area contributed by atoms with Crippen LogP contribution in [0.1, 0.15) is 75.5 Å². The minimum absolute atomic E-state index is 0.252. The summed E-state index contributed by atoms with van der Waals surface area (Å²) in [7, 11) is 0. The van der Waals surface area contributed by atoms with E-state index in [9.17, 15) is 5.26 Å². The van der Waals surface area contributed by atoms with Crippen LogP contribution in [0.25, 0.3) is 0 Å². The number of pyridine rings is 1. The van der Waals surface area contributed by atoms with Crippen molar-refractivity contribution in [2.75, 3.05) is 55.6 Å². The summed E-state index contributed by atoms with van der Waals surface area (Å²) in [6.07, 6.45) is 13.0. The maximum absolute atomic E-state index is 9.21. The number of likely N-dealkylation sites (tertiary alicyclic amines) is 1. The molecule has 0 aromatic carbocycles. The summed E-state index contributed by atoms with van der Waals surface area (Å²) in [5.41, 5.74) is 1.81. The third kappa shape index (κ3) is 6.14. The second-order valence-corrected chi connectivity index (χ2v) is 12.4. The van der Waals surface area contributed by atoms with E-state index < -0.39 is 0 Å². The minimum atomic E-state index is 0.252. The van der Waals surface area contributed by atoms with Crippen molar-refractivity contribution in [3.8, 4) is 11.9 Å². The number of hydrogen-bond donors (Lipinski definition) is 0. The predicted octanol–water partition coefficient (Wildman–Crippen LogP) is 4.97. The second-order valence-electron chi connectivity index (χ2n) is 12.4. The molecule has 0 atom stereocenters. The van der Waals surface area contributed by atoms with E-state index >= 15 is 0 Å². The number of anilines is 2. The molecule has 0 radical (unpaired) electrons. The van der Waals surface area contributed by atoms with Gasteiger partial charge in [-0.1, -0.05) is 19.3 Å². The van der Waals surface area contributed by atoms with Gasteiger partial charge in [0, 0.05) is 51.9 Å². The molecule has 1 aliphatic carbocycles. The van der Waals surface area contributed by atoms with Gasteiger partial charge in [0.25, 0.3) is 0 Å². The molecule has 0 bridgehead atoms. The van der Waals surface area contributed by atoms with Gasteiger partial charge in [-0.05, 0) is 81.4 Å². The molecule has 6 rings (SSSR count). The molecule has 8 nitrogen and oxygen atoms in total. The monoisotopic (exact) mass is 529 g/mol. The molecule has 39 heavy (non-hydrogen) atoms. The topological polar surface area (TPSA) is 81.4 Å². The Morgan fingerprint density at radius 3 is 2.26 bits per heavy atom. The minimum Gasteiger partial charge on any atom is -0.473 e. The lowest BCUT2D eigenvalue weighted by Gasteiger charge is -2.39. The molecule has 3 saturated heterocycles. The Labute approximate surface area is 233 Å². The van der Waals surface area contributed by atoms with E-state index in [1.54, 1.807) is 0 Å². The highest BCUT2D eigenvalue weighted by Gasteiger charge is 2.41. The highest BCUT2D eigenvalue weighted by Crippen LogP contribution is 2.42. The Kier molecular flexibility index (Phi) is 7.87. The molecular formula is C31H43N7O. The van der Waals surface area contributed by atoms with Gasteiger partial charge in [0.05, 0.1) is 11.3 Å². The zero-order valence-electron chi connectivity index (χ0n) is 23.5. The van der Waals surface area contributed by atoms with E-state index in [2.05, 4.69) is 37.0 Å². The van der Waals surface area contributed by atoms with Gasteiger partial charge in [0.15, 0.2) is 5.82 Å². The Morgan fingerprint density at radius 2 is 1.59 bits per heavy atom. The molecule has 4 aliphatic rings. The third-order valence-corrected chi connectivity index (χ3v) is 9.79. The Bertz CT molecular complexity index is 1140. The average molecular weight is 530 g/mol. The van der Waals surface area contributed by atoms with Crippen molar-refractivity contribution >= 4 is 11.6 Å². The number of rotatable bonds is 6. The van der Waals surface area contributed by atoms with Crippen LogP contribution in [0.15, 0.2) is 24.3 Å². The van der Waals surface area contributed by atoms with Gasteiger partial charge in [-0.15, -0.1) is 10.2 Å². The van der Waals surface area contributed by atoms with Crippen molar-refractivity contribution < 1.29 is 4.74 Å². The quantitative estimate of drug-likeness (QED) is 0.519. The van der Waals surface area contributed by atoms with E-state index in [1.807, 2.05) is 25.1 Å². The number of aryl methyl sites for hydroxylation is 1. The first-order valence-corrected chi connectivity index (χ1v) is 15.2. The van der Waals surface area contributed by atoms with E-state index in [4.69, 9.17) is 9.72 Å². The first-order valence-electron chi connectivity index (χ1n) is 15.2. The van der Waals surface area contributed by atoms with E-state index in [-0.39, 0.29) is 6.10 Å². The number of piperidine rings is 2. The van der Waals surface area contributed by atoms with Crippen molar-refractivity contribution in [2.24, 2.45) is 11.3 Å². The van der Waals surface area contributed by atoms with Gasteiger partial charge in [0.2, 0.25) is 5.88 Å². The highest BCUT2D eigenvalue weighted by atomic mass is 16.5. The molecular weight excluding hydrogens is 486 g/mol. The predicted molar refractivity (Wildman–Crippen MR) is 153 cm³/mol. The summed E-state index contributed by atoms with van der Waals surface area (Å²) in [6.45, 7) is 9.55. The molecule has 5 heterocycles. The SMILES string of the molecule is Cc1nc(N2CCC3(CCN(c4ccc(OC5CCN(CC6CCCCC6)CC5)nn4)CC3)C2)ccc1C#N. The van der Waals surface area contributed by atoms with Crippen LogP contribution < -0.4 is 14.5 Å². The summed E-state index contributed by atoms with van der Waals surface area (Å²) in [5, 5.41) is 18.2. The molecule has 1 saturated carbocycles. The Balaban J connectivity index is 0.957. The molecule has 0 amide bonds. The zero-order valence-corrected chi connectivity index (χ0v) is 23.5. The number of nitrogens with zero attached hydrogens (tertiary/aromatic N) is 7. The summed E-state index contributed by atoms with van der Waals surface area (Å²) in [6, 6.07) is 10.2. The number of nitriles is 1. The number of aromatic nitrogens is 3. The Hall–Kier alpha value is -2.92. The Morgan fingerprint density at radius 1 is 0.872 bits per heavy atom. The van der Waals surface area contributed by atoms with E-state index in [0.29, 0.717) is 16.9 Å². The fourth-order valence-electron chi connectivity index (χ4n) is 7.25. The standard InChI is InChI=1S/C31H43N7O/c1-24-26(21-32)7-8-28(33-24)38-20-15-31(23-38)13-18-37(19-14-31)29-9-10-30(35-34-29)39-27-11-16-36(17-12-27)22-25-5-3-2-4-6-25/h7-10,25,27H,2-6,11-20,22-23H2,1H3. The first-order chi connectivity index (χ1) is 19.1. The zero-order chi connectivity index (χ0) is 26.7. The largest absolute Gasteiger partial charge is 0.473 e. The van der Waals surface area contributed by atoms with Gasteiger partial charge in [-0.25, -0.2) is 4.98 Å². The molecule has 8 heteroatoms. The molecule has 3 aliphatic heterocycles. The molecule has 4 fully saturated rings. The van der Waals surface area contributed by atoms with Crippen molar-refractivity contribution in [3.63, 3.8) is 0 Å². The van der Waals surface area contributed by atoms with Crippen LogP contribution in [-0.4, -0.2) is 72.0 Å². The van der Waals surface area contributed by atoms with Crippen LogP contribution in [0.5, 0.6) is 5.88 Å². The summed E-state index contributed by atoms with van der Waals surface area (Å²) in [4.78, 5) is 12.1. The molecule has 2 aromatic heterocycles. The van der Waals surface area contributed by atoms with Gasteiger partial charge >= 0.3 is 0 Å². The van der Waals surface area contributed by atoms with Crippen LogP contribution in [0, 0.1) is 29.6 Å². The fourth-order valence-corrected chi connectivity index (χ4v) is 7.25. The van der Waals surface area contributed by atoms with Crippen LogP contribution in [0.2, 0.25) is 0 Å². The molecule has 0 N–H and O–H groups in total. The molecule has 1 spiro atoms. The van der Waals surface area contributed by atoms with Crippen LogP contribution in [0.4, 0.5) is 11.6 Å². The smallest absolute Gasteiger partial charge is 0.233 e. The summed E-state index contributed by atoms with van der Waals surface area (Å²) >= 11 is 0. The lowest BCUT2D eigenvalue weighted by molar-refractivity contribution is 0.0827. The highest BCUT2D eigenvalue weighted by molar-refractivity contribution is 5.47. The normalized spacial score (nSPS) is 22.8. The van der Waals surface area contributed by atoms with Gasteiger partial charge in [0.1, 0.15) is 18.0 Å². The second kappa shape index (κ2) is 11.7. The first kappa shape index (κ1) is 26.3. The third-order valence-electron chi connectivity index (χ3n) is 9.79. The van der Waals surface area contributed by atoms with Crippen LogP contribution >= 0.6 is 0 Å². The van der Waals surface area contributed by atoms with Crippen molar-refractivity contribution in [2.45, 2.75) is 77.2 Å². The maximum atomic E-state index is 9.21. The summed E-state index contributed by atoms with van der Waals surface area (Å²) in [5.74, 6) is 3.53. The van der Waals surface area contributed by atoms with Crippen molar-refractivity contribution in [3.05, 3.63) is 35.5 Å². The lowest BCUT2D eigenvalue weighted by atomic mass is 9.78. The van der Waals surface area contributed by atoms with E-state index in [0.717, 1.165) is 88.2 Å². The average Bonchev–Trinajstić information content (AvgIpc) is 3.39. The van der Waals surface area contributed by atoms with Crippen LogP contribution in [0.3, 0.4) is 0 Å². The molecule has 208 valence electrons. The van der Waals surface area contributed by atoms with Gasteiger partial charge in [-0.2, -0.15) is 5.26 Å². The fraction of sp³-hybridized carbons (Fsp3) is 0.677. The molecule has 0 unspecified atom stereocenters. The van der Waals surface area contributed by atoms with Gasteiger partial charge < -0.3 is 19.4 Å². The molecule has 2 aromatic rings. The van der Waals surface area contributed by atoms with Gasteiger partial charge in [-0.3, -0.25) is 0 Å². The lowest BCUT2D eigenvalue weighted by Crippen LogP contribution is -2.42. The summed E-state index contributed by atoms with van der Waals surface area (Å²) < 4.78 is 6.24. The van der Waals surface area contributed by atoms with E-state index in [1.165, 1.54) is 45.1 Å². The number of ether oxygens (including phenoxy) is 1. The maximum Gasteiger partial charge on any atom is 0.233 e. The van der Waals surface area contributed by atoms with Crippen molar-refractivity contribution in [1.29, 1.82) is 5.26 Å². The number of hydrogen-bond acceptors (Lipinski definition) is 8. The van der Waals surface area contributed by atoms with Crippen molar-refractivity contribution in [1.82, 2.24) is 20.1 Å². The van der Waals surface area contributed by atoms with Crippen LogP contribution in [-0.2, 0) is 0 Å².